The van der Waals surface area contributed by atoms with Crippen LogP contribution in [0, 0.1) is 0 Å². The van der Waals surface area contributed by atoms with E-state index in [-0.39, 0.29) is 18.0 Å². The Balaban J connectivity index is 0. The molecule has 0 aromatic carbocycles. The van der Waals surface area contributed by atoms with E-state index in [0.717, 1.165) is 19.3 Å². The summed E-state index contributed by atoms with van der Waals surface area (Å²) in [6.07, 6.45) is 49.8. The highest BCUT2D eigenvalue weighted by atomic mass is 35.5. The lowest BCUT2D eigenvalue weighted by atomic mass is 9.87. The Bertz CT molecular complexity index is 467. The Morgan fingerprint density at radius 2 is 0.452 bits per heavy atom. The zero-order chi connectivity index (χ0) is 30.0. The van der Waals surface area contributed by atoms with Gasteiger partial charge in [-0.25, -0.2) is 0 Å². The van der Waals surface area contributed by atoms with Gasteiger partial charge in [0.15, 0.2) is 0 Å². The van der Waals surface area contributed by atoms with Gasteiger partial charge in [-0.3, -0.25) is 0 Å². The van der Waals surface area contributed by atoms with Crippen LogP contribution in [0.2, 0.25) is 0 Å². The molecule has 42 heavy (non-hydrogen) atoms. The van der Waals surface area contributed by atoms with E-state index in [2.05, 4.69) is 20.8 Å². The number of rotatable bonds is 36. The molecule has 0 aliphatic carbocycles. The summed E-state index contributed by atoms with van der Waals surface area (Å²) in [5, 5.41) is 11.1. The maximum Gasteiger partial charge on any atom is 0.0645 e. The minimum Gasteiger partial charge on any atom is -0.390 e. The Kier molecular flexibility index (Phi) is 39.6. The molecule has 1 N–H and O–H groups in total. The minimum absolute atomic E-state index is 0. The van der Waals surface area contributed by atoms with Gasteiger partial charge in [-0.15, -0.1) is 12.4 Å². The smallest absolute Gasteiger partial charge is 0.0645 e. The highest BCUT2D eigenvalue weighted by Crippen LogP contribution is 2.26. The van der Waals surface area contributed by atoms with Crippen molar-refractivity contribution >= 4 is 12.4 Å². The summed E-state index contributed by atoms with van der Waals surface area (Å²) in [6.45, 7) is 6.80. The Morgan fingerprint density at radius 3 is 0.619 bits per heavy atom. The molecule has 0 aliphatic rings. The monoisotopic (exact) mass is 615 g/mol. The lowest BCUT2D eigenvalue weighted by molar-refractivity contribution is 0.0140. The summed E-state index contributed by atoms with van der Waals surface area (Å²) >= 11 is 0. The summed E-state index contributed by atoms with van der Waals surface area (Å²) in [6, 6.07) is 0. The highest BCUT2D eigenvalue weighted by Gasteiger charge is 2.23. The number of unbranched alkanes of at least 4 members (excludes halogenated alkanes) is 31. The molecule has 0 fully saturated rings. The normalized spacial score (nSPS) is 12.9. The quantitative estimate of drug-likeness (QED) is 0.0696. The zero-order valence-corrected chi connectivity index (χ0v) is 30.6. The number of halogens is 1. The van der Waals surface area contributed by atoms with Crippen LogP contribution in [-0.4, -0.2) is 10.7 Å². The molecular weight excluding hydrogens is 532 g/mol. The van der Waals surface area contributed by atoms with Crippen molar-refractivity contribution < 1.29 is 5.11 Å². The van der Waals surface area contributed by atoms with Crippen LogP contribution in [0.3, 0.4) is 0 Å². The molecule has 2 heteroatoms. The largest absolute Gasteiger partial charge is 0.390 e. The summed E-state index contributed by atoms with van der Waals surface area (Å²) < 4.78 is 0. The summed E-state index contributed by atoms with van der Waals surface area (Å²) in [4.78, 5) is 0. The van der Waals surface area contributed by atoms with Gasteiger partial charge in [0.25, 0.3) is 0 Å². The molecule has 0 bridgehead atoms. The molecule has 0 amide bonds. The molecule has 256 valence electrons. The van der Waals surface area contributed by atoms with E-state index in [9.17, 15) is 5.11 Å². The van der Waals surface area contributed by atoms with Gasteiger partial charge in [0.05, 0.1) is 5.60 Å². The molecule has 1 nitrogen and oxygen atoms in total. The highest BCUT2D eigenvalue weighted by molar-refractivity contribution is 5.85. The van der Waals surface area contributed by atoms with Crippen molar-refractivity contribution in [2.45, 2.75) is 258 Å². The number of aliphatic hydroxyl groups is 1. The maximum absolute atomic E-state index is 11.1. The van der Waals surface area contributed by atoms with Gasteiger partial charge in [-0.1, -0.05) is 233 Å². The van der Waals surface area contributed by atoms with Gasteiger partial charge in [0.1, 0.15) is 0 Å². The van der Waals surface area contributed by atoms with Crippen LogP contribution in [0.15, 0.2) is 0 Å². The predicted molar refractivity (Wildman–Crippen MR) is 195 cm³/mol. The first-order chi connectivity index (χ1) is 20.2. The third kappa shape index (κ3) is 34.7. The van der Waals surface area contributed by atoms with Crippen molar-refractivity contribution in [2.75, 3.05) is 0 Å². The van der Waals surface area contributed by atoms with Gasteiger partial charge < -0.3 is 5.11 Å². The van der Waals surface area contributed by atoms with E-state index in [1.807, 2.05) is 0 Å². The molecule has 1 unspecified atom stereocenters. The standard InChI is InChI=1S/C40H82O.ClH/c1-4-7-9-11-13-15-17-19-21-23-25-27-29-31-33-35-37-39-40(41,6-3)38-36-34-32-30-28-26-24-22-20-18-16-14-12-10-8-5-2;/h41H,4-39H2,1-3H3;1H. The van der Waals surface area contributed by atoms with E-state index in [1.165, 1.54) is 212 Å². The van der Waals surface area contributed by atoms with Crippen LogP contribution >= 0.6 is 12.4 Å². The van der Waals surface area contributed by atoms with Crippen LogP contribution in [0.25, 0.3) is 0 Å². The molecule has 0 aromatic heterocycles. The first-order valence-electron chi connectivity index (χ1n) is 19.9. The number of hydrogen-bond donors (Lipinski definition) is 1. The van der Waals surface area contributed by atoms with Gasteiger partial charge >= 0.3 is 0 Å². The fourth-order valence-corrected chi connectivity index (χ4v) is 6.66. The molecule has 0 aromatic rings. The van der Waals surface area contributed by atoms with Crippen LogP contribution in [-0.2, 0) is 0 Å². The average Bonchev–Trinajstić information content (AvgIpc) is 2.98. The second-order valence-electron chi connectivity index (χ2n) is 14.0. The van der Waals surface area contributed by atoms with Crippen LogP contribution < -0.4 is 0 Å². The molecule has 0 heterocycles. The van der Waals surface area contributed by atoms with Gasteiger partial charge in [0.2, 0.25) is 0 Å². The molecule has 0 aliphatic heterocycles. The molecule has 0 rings (SSSR count). The van der Waals surface area contributed by atoms with Crippen LogP contribution in [0.4, 0.5) is 0 Å². The average molecular weight is 616 g/mol. The van der Waals surface area contributed by atoms with E-state index >= 15 is 0 Å². The maximum atomic E-state index is 11.1. The summed E-state index contributed by atoms with van der Waals surface area (Å²) in [5.74, 6) is 0. The topological polar surface area (TPSA) is 20.2 Å². The van der Waals surface area contributed by atoms with E-state index in [0.29, 0.717) is 0 Å². The van der Waals surface area contributed by atoms with Gasteiger partial charge in [-0.2, -0.15) is 0 Å². The molecule has 0 spiro atoms. The van der Waals surface area contributed by atoms with Crippen molar-refractivity contribution in [3.05, 3.63) is 0 Å². The molecule has 0 saturated carbocycles. The van der Waals surface area contributed by atoms with Crippen molar-refractivity contribution in [3.63, 3.8) is 0 Å². The minimum atomic E-state index is -0.383. The van der Waals surface area contributed by atoms with Gasteiger partial charge in [0, 0.05) is 0 Å². The van der Waals surface area contributed by atoms with Gasteiger partial charge in [-0.05, 0) is 19.3 Å². The van der Waals surface area contributed by atoms with E-state index < -0.39 is 0 Å². The van der Waals surface area contributed by atoms with Crippen molar-refractivity contribution in [1.29, 1.82) is 0 Å². The summed E-state index contributed by atoms with van der Waals surface area (Å²) in [5.41, 5.74) is -0.383. The third-order valence-corrected chi connectivity index (χ3v) is 9.90. The second kappa shape index (κ2) is 37.4. The van der Waals surface area contributed by atoms with E-state index in [1.54, 1.807) is 0 Å². The van der Waals surface area contributed by atoms with Crippen molar-refractivity contribution in [2.24, 2.45) is 0 Å². The third-order valence-electron chi connectivity index (χ3n) is 9.90. The van der Waals surface area contributed by atoms with Crippen LogP contribution in [0.5, 0.6) is 0 Å². The fraction of sp³-hybridized carbons (Fsp3) is 1.00. The lowest BCUT2D eigenvalue weighted by Gasteiger charge is -2.27. The molecule has 0 saturated heterocycles. The zero-order valence-electron chi connectivity index (χ0n) is 29.8. The van der Waals surface area contributed by atoms with Crippen LogP contribution in [0.1, 0.15) is 252 Å². The predicted octanol–water partition coefficient (Wildman–Crippen LogP) is 15.2. The molecule has 1 atom stereocenters. The Hall–Kier alpha value is 0.250. The molecular formula is C40H83ClO. The SMILES string of the molecule is CCCCCCCCCCCCCCCCCCCC(O)(CC)CCCCCCCCCCCCCCCCCC.Cl. The Morgan fingerprint density at radius 1 is 0.286 bits per heavy atom. The summed E-state index contributed by atoms with van der Waals surface area (Å²) in [7, 11) is 0. The first kappa shape index (κ1) is 44.4. The van der Waals surface area contributed by atoms with E-state index in [4.69, 9.17) is 0 Å². The van der Waals surface area contributed by atoms with Crippen molar-refractivity contribution in [1.82, 2.24) is 0 Å². The fourth-order valence-electron chi connectivity index (χ4n) is 6.66. The Labute approximate surface area is 274 Å². The first-order valence-corrected chi connectivity index (χ1v) is 19.9. The second-order valence-corrected chi connectivity index (χ2v) is 14.0. The number of hydrogen-bond acceptors (Lipinski definition) is 1. The molecule has 0 radical (unpaired) electrons. The lowest BCUT2D eigenvalue weighted by Crippen LogP contribution is -2.27. The van der Waals surface area contributed by atoms with Crippen molar-refractivity contribution in [3.8, 4) is 0 Å².